The van der Waals surface area contributed by atoms with Gasteiger partial charge in [-0.1, -0.05) is 43.7 Å². The van der Waals surface area contributed by atoms with Crippen LogP contribution in [0.3, 0.4) is 0 Å². The van der Waals surface area contributed by atoms with Gasteiger partial charge < -0.3 is 15.2 Å². The van der Waals surface area contributed by atoms with E-state index in [4.69, 9.17) is 4.74 Å². The van der Waals surface area contributed by atoms with Crippen molar-refractivity contribution in [3.63, 3.8) is 0 Å². The lowest BCUT2D eigenvalue weighted by Gasteiger charge is -2.19. The van der Waals surface area contributed by atoms with Crippen LogP contribution in [0.4, 0.5) is 0 Å². The first-order valence-corrected chi connectivity index (χ1v) is 7.45. The quantitative estimate of drug-likeness (QED) is 0.750. The molecular formula is C17H25NO4. The van der Waals surface area contributed by atoms with Crippen LogP contribution in [0.1, 0.15) is 31.4 Å². The predicted octanol–water partition coefficient (Wildman–Crippen LogP) is 1.60. The zero-order chi connectivity index (χ0) is 16.7. The van der Waals surface area contributed by atoms with Gasteiger partial charge in [-0.3, -0.25) is 4.79 Å². The van der Waals surface area contributed by atoms with E-state index in [-0.39, 0.29) is 5.92 Å². The number of hydrogen-bond acceptors (Lipinski definition) is 4. The largest absolute Gasteiger partial charge is 0.467 e. The van der Waals surface area contributed by atoms with Crippen molar-refractivity contribution in [3.05, 3.63) is 35.4 Å². The molecule has 0 radical (unpaired) electrons. The third-order valence-corrected chi connectivity index (χ3v) is 3.36. The van der Waals surface area contributed by atoms with Crippen molar-refractivity contribution in [2.24, 2.45) is 5.92 Å². The number of aryl methyl sites for hydroxylation is 1. The topological polar surface area (TPSA) is 75.6 Å². The maximum atomic E-state index is 12.0. The summed E-state index contributed by atoms with van der Waals surface area (Å²) in [5.74, 6) is -0.878. The van der Waals surface area contributed by atoms with Crippen molar-refractivity contribution in [1.82, 2.24) is 5.32 Å². The molecule has 0 aliphatic carbocycles. The molecule has 1 amide bonds. The first kappa shape index (κ1) is 18.2. The van der Waals surface area contributed by atoms with Crippen molar-refractivity contribution < 1.29 is 19.4 Å². The minimum atomic E-state index is -1.12. The van der Waals surface area contributed by atoms with Gasteiger partial charge in [-0.2, -0.15) is 0 Å². The van der Waals surface area contributed by atoms with E-state index in [0.717, 1.165) is 11.1 Å². The molecule has 0 saturated carbocycles. The van der Waals surface area contributed by atoms with Gasteiger partial charge in [-0.05, 0) is 24.8 Å². The Kier molecular flexibility index (Phi) is 7.05. The monoisotopic (exact) mass is 307 g/mol. The minimum absolute atomic E-state index is 0.189. The molecule has 0 heterocycles. The highest BCUT2D eigenvalue weighted by Crippen LogP contribution is 2.09. The van der Waals surface area contributed by atoms with Crippen LogP contribution in [0, 0.1) is 12.8 Å². The lowest BCUT2D eigenvalue weighted by atomic mass is 10.0. The summed E-state index contributed by atoms with van der Waals surface area (Å²) in [7, 11) is 1.28. The molecule has 0 unspecified atom stereocenters. The smallest absolute Gasteiger partial charge is 0.328 e. The van der Waals surface area contributed by atoms with Crippen molar-refractivity contribution in [1.29, 1.82) is 0 Å². The van der Waals surface area contributed by atoms with Crippen molar-refractivity contribution in [2.75, 3.05) is 7.11 Å². The molecule has 22 heavy (non-hydrogen) atoms. The fourth-order valence-corrected chi connectivity index (χ4v) is 2.12. The van der Waals surface area contributed by atoms with E-state index in [0.29, 0.717) is 12.8 Å². The van der Waals surface area contributed by atoms with Crippen molar-refractivity contribution >= 4 is 11.9 Å². The van der Waals surface area contributed by atoms with E-state index in [1.807, 2.05) is 45.0 Å². The van der Waals surface area contributed by atoms with Crippen LogP contribution in [0.2, 0.25) is 0 Å². The maximum absolute atomic E-state index is 12.0. The number of esters is 1. The zero-order valence-electron chi connectivity index (χ0n) is 13.6. The Morgan fingerprint density at radius 2 is 1.82 bits per heavy atom. The molecule has 5 nitrogen and oxygen atoms in total. The number of nitrogens with one attached hydrogen (secondary N) is 1. The summed E-state index contributed by atoms with van der Waals surface area (Å²) in [6, 6.07) is 6.89. The molecule has 0 saturated heterocycles. The Morgan fingerprint density at radius 3 is 2.32 bits per heavy atom. The SMILES string of the molecule is COC(=O)[C@H](Cc1ccc(C)cc1)NC(=O)[C@H](O)CC(C)C. The Labute approximate surface area is 131 Å². The lowest BCUT2D eigenvalue weighted by Crippen LogP contribution is -2.47. The second-order valence-corrected chi connectivity index (χ2v) is 5.92. The van der Waals surface area contributed by atoms with E-state index in [9.17, 15) is 14.7 Å². The minimum Gasteiger partial charge on any atom is -0.467 e. The number of ether oxygens (including phenoxy) is 1. The van der Waals surface area contributed by atoms with E-state index in [1.54, 1.807) is 0 Å². The standard InChI is InChI=1S/C17H25NO4/c1-11(2)9-15(19)16(20)18-14(17(21)22-4)10-13-7-5-12(3)6-8-13/h5-8,11,14-15,19H,9-10H2,1-4H3,(H,18,20)/t14-,15+/m0/s1. The fraction of sp³-hybridized carbons (Fsp3) is 0.529. The fourth-order valence-electron chi connectivity index (χ4n) is 2.12. The van der Waals surface area contributed by atoms with Crippen LogP contribution in [0.5, 0.6) is 0 Å². The third kappa shape index (κ3) is 5.85. The van der Waals surface area contributed by atoms with Crippen LogP contribution in [-0.4, -0.2) is 36.2 Å². The Hall–Kier alpha value is -1.88. The van der Waals surface area contributed by atoms with E-state index < -0.39 is 24.0 Å². The number of aliphatic hydroxyl groups is 1. The van der Waals surface area contributed by atoms with Gasteiger partial charge in [0, 0.05) is 6.42 Å². The average molecular weight is 307 g/mol. The summed E-state index contributed by atoms with van der Waals surface area (Å²) >= 11 is 0. The number of carbonyl (C=O) groups excluding carboxylic acids is 2. The number of carbonyl (C=O) groups is 2. The second kappa shape index (κ2) is 8.54. The summed E-state index contributed by atoms with van der Waals surface area (Å²) < 4.78 is 4.73. The Balaban J connectivity index is 2.74. The number of amides is 1. The van der Waals surface area contributed by atoms with Gasteiger partial charge >= 0.3 is 5.97 Å². The summed E-state index contributed by atoms with van der Waals surface area (Å²) in [5, 5.41) is 12.4. The van der Waals surface area contributed by atoms with E-state index in [2.05, 4.69) is 5.32 Å². The summed E-state index contributed by atoms with van der Waals surface area (Å²) in [4.78, 5) is 23.8. The predicted molar refractivity (Wildman–Crippen MR) is 84.3 cm³/mol. The molecule has 2 atom stereocenters. The van der Waals surface area contributed by atoms with Crippen molar-refractivity contribution in [3.8, 4) is 0 Å². The summed E-state index contributed by atoms with van der Waals surface area (Å²) in [6.45, 7) is 5.81. The maximum Gasteiger partial charge on any atom is 0.328 e. The molecule has 0 fully saturated rings. The Morgan fingerprint density at radius 1 is 1.23 bits per heavy atom. The molecule has 0 aliphatic rings. The molecule has 0 spiro atoms. The molecule has 122 valence electrons. The number of hydrogen-bond donors (Lipinski definition) is 2. The number of aliphatic hydroxyl groups excluding tert-OH is 1. The third-order valence-electron chi connectivity index (χ3n) is 3.36. The molecule has 1 aromatic carbocycles. The molecule has 0 bridgehead atoms. The van der Waals surface area contributed by atoms with Crippen LogP contribution in [-0.2, 0) is 20.7 Å². The van der Waals surface area contributed by atoms with Gasteiger partial charge in [0.1, 0.15) is 12.1 Å². The molecule has 5 heteroatoms. The van der Waals surface area contributed by atoms with Gasteiger partial charge in [-0.15, -0.1) is 0 Å². The highest BCUT2D eigenvalue weighted by molar-refractivity contribution is 5.86. The number of benzene rings is 1. The molecule has 0 aromatic heterocycles. The number of rotatable bonds is 7. The van der Waals surface area contributed by atoms with Crippen LogP contribution < -0.4 is 5.32 Å². The van der Waals surface area contributed by atoms with Gasteiger partial charge in [-0.25, -0.2) is 4.79 Å². The summed E-state index contributed by atoms with van der Waals surface area (Å²) in [5.41, 5.74) is 2.04. The highest BCUT2D eigenvalue weighted by atomic mass is 16.5. The normalized spacial score (nSPS) is 13.5. The van der Waals surface area contributed by atoms with Gasteiger partial charge in [0.2, 0.25) is 5.91 Å². The average Bonchev–Trinajstić information content (AvgIpc) is 2.47. The molecular weight excluding hydrogens is 282 g/mol. The first-order chi connectivity index (χ1) is 10.3. The number of methoxy groups -OCH3 is 1. The zero-order valence-corrected chi connectivity index (χ0v) is 13.6. The second-order valence-electron chi connectivity index (χ2n) is 5.92. The van der Waals surface area contributed by atoms with E-state index in [1.165, 1.54) is 7.11 Å². The Bertz CT molecular complexity index is 496. The molecule has 0 aliphatic heterocycles. The highest BCUT2D eigenvalue weighted by Gasteiger charge is 2.25. The van der Waals surface area contributed by atoms with E-state index >= 15 is 0 Å². The van der Waals surface area contributed by atoms with Crippen molar-refractivity contribution in [2.45, 2.75) is 45.8 Å². The van der Waals surface area contributed by atoms with Crippen LogP contribution in [0.15, 0.2) is 24.3 Å². The van der Waals surface area contributed by atoms with Gasteiger partial charge in [0.25, 0.3) is 0 Å². The molecule has 1 rings (SSSR count). The molecule has 2 N–H and O–H groups in total. The molecule has 1 aromatic rings. The van der Waals surface area contributed by atoms with Crippen LogP contribution in [0.25, 0.3) is 0 Å². The summed E-state index contributed by atoms with van der Waals surface area (Å²) in [6.07, 6.45) is -0.442. The lowest BCUT2D eigenvalue weighted by molar-refractivity contribution is -0.146. The van der Waals surface area contributed by atoms with Gasteiger partial charge in [0.15, 0.2) is 0 Å². The van der Waals surface area contributed by atoms with Crippen LogP contribution >= 0.6 is 0 Å². The first-order valence-electron chi connectivity index (χ1n) is 7.45. The van der Waals surface area contributed by atoms with Gasteiger partial charge in [0.05, 0.1) is 7.11 Å².